The van der Waals surface area contributed by atoms with Crippen LogP contribution in [0.1, 0.15) is 12.8 Å². The number of nitrogens with zero attached hydrogens (tertiary/aromatic N) is 1. The molecule has 1 fully saturated rings. The SMILES string of the molecule is O=C1CCN(S(=O)(=O)C(F)F)CC1. The predicted octanol–water partition coefficient (Wildman–Crippen LogP) is 0.204. The van der Waals surface area contributed by atoms with Crippen LogP contribution in [-0.2, 0) is 14.8 Å². The standard InChI is InChI=1S/C6H9F2NO3S/c7-6(8)13(11,12)9-3-1-5(10)2-4-9/h6H,1-4H2. The van der Waals surface area contributed by atoms with E-state index < -0.39 is 15.8 Å². The van der Waals surface area contributed by atoms with Crippen LogP contribution < -0.4 is 0 Å². The molecule has 0 aromatic carbocycles. The second-order valence-electron chi connectivity index (χ2n) is 2.74. The summed E-state index contributed by atoms with van der Waals surface area (Å²) >= 11 is 0. The van der Waals surface area contributed by atoms with Crippen molar-refractivity contribution in [2.24, 2.45) is 0 Å². The first-order chi connectivity index (χ1) is 5.94. The van der Waals surface area contributed by atoms with Crippen molar-refractivity contribution in [1.29, 1.82) is 0 Å². The highest BCUT2D eigenvalue weighted by Gasteiger charge is 2.34. The molecule has 1 rings (SSSR count). The summed E-state index contributed by atoms with van der Waals surface area (Å²) in [5.74, 6) is -3.47. The van der Waals surface area contributed by atoms with Crippen molar-refractivity contribution < 1.29 is 22.0 Å². The van der Waals surface area contributed by atoms with Gasteiger partial charge in [-0.2, -0.15) is 13.1 Å². The molecule has 1 heterocycles. The van der Waals surface area contributed by atoms with Gasteiger partial charge < -0.3 is 0 Å². The van der Waals surface area contributed by atoms with Crippen LogP contribution in [-0.4, -0.2) is 37.4 Å². The van der Waals surface area contributed by atoms with E-state index in [1.165, 1.54) is 0 Å². The van der Waals surface area contributed by atoms with Gasteiger partial charge in [-0.05, 0) is 0 Å². The minimum atomic E-state index is -4.48. The third kappa shape index (κ3) is 2.22. The fourth-order valence-electron chi connectivity index (χ4n) is 1.10. The normalized spacial score (nSPS) is 21.0. The predicted molar refractivity (Wildman–Crippen MR) is 40.7 cm³/mol. The molecule has 0 aromatic rings. The van der Waals surface area contributed by atoms with Crippen LogP contribution in [0.5, 0.6) is 0 Å². The van der Waals surface area contributed by atoms with E-state index in [1.807, 2.05) is 0 Å². The van der Waals surface area contributed by atoms with E-state index in [1.54, 1.807) is 0 Å². The zero-order chi connectivity index (χ0) is 10.1. The first kappa shape index (κ1) is 10.5. The molecule has 76 valence electrons. The van der Waals surface area contributed by atoms with Gasteiger partial charge in [0.25, 0.3) is 10.0 Å². The van der Waals surface area contributed by atoms with E-state index in [0.29, 0.717) is 4.31 Å². The summed E-state index contributed by atoms with van der Waals surface area (Å²) in [5.41, 5.74) is 0. The molecular formula is C6H9F2NO3S. The maximum absolute atomic E-state index is 12.0. The summed E-state index contributed by atoms with van der Waals surface area (Å²) in [4.78, 5) is 10.7. The molecule has 0 radical (unpaired) electrons. The number of halogens is 2. The number of carbonyl (C=O) groups is 1. The lowest BCUT2D eigenvalue weighted by molar-refractivity contribution is -0.120. The monoisotopic (exact) mass is 213 g/mol. The van der Waals surface area contributed by atoms with Crippen LogP contribution in [0.2, 0.25) is 0 Å². The summed E-state index contributed by atoms with van der Waals surface area (Å²) in [6, 6.07) is 0. The van der Waals surface area contributed by atoms with E-state index >= 15 is 0 Å². The Morgan fingerprint density at radius 1 is 1.23 bits per heavy atom. The molecule has 0 aliphatic carbocycles. The van der Waals surface area contributed by atoms with Gasteiger partial charge in [0, 0.05) is 25.9 Å². The first-order valence-corrected chi connectivity index (χ1v) is 5.23. The van der Waals surface area contributed by atoms with Gasteiger partial charge in [-0.25, -0.2) is 8.42 Å². The maximum Gasteiger partial charge on any atom is 0.350 e. The summed E-state index contributed by atoms with van der Waals surface area (Å²) < 4.78 is 46.3. The third-order valence-electron chi connectivity index (χ3n) is 1.87. The number of alkyl halides is 2. The van der Waals surface area contributed by atoms with Crippen molar-refractivity contribution in [3.05, 3.63) is 0 Å². The van der Waals surface area contributed by atoms with Gasteiger partial charge >= 0.3 is 5.76 Å². The molecule has 1 saturated heterocycles. The molecule has 0 atom stereocenters. The molecule has 0 N–H and O–H groups in total. The molecule has 1 aliphatic rings. The lowest BCUT2D eigenvalue weighted by atomic mass is 10.1. The molecule has 7 heteroatoms. The van der Waals surface area contributed by atoms with Gasteiger partial charge in [-0.15, -0.1) is 0 Å². The zero-order valence-corrected chi connectivity index (χ0v) is 7.56. The highest BCUT2D eigenvalue weighted by molar-refractivity contribution is 7.89. The Hall–Kier alpha value is -0.560. The number of hydrogen-bond acceptors (Lipinski definition) is 3. The second-order valence-corrected chi connectivity index (χ2v) is 4.65. The average Bonchev–Trinajstić information content (AvgIpc) is 2.04. The van der Waals surface area contributed by atoms with Crippen molar-refractivity contribution in [1.82, 2.24) is 4.31 Å². The summed E-state index contributed by atoms with van der Waals surface area (Å²) in [7, 11) is -4.48. The Bertz CT molecular complexity index is 291. The van der Waals surface area contributed by atoms with Gasteiger partial charge in [-0.1, -0.05) is 0 Å². The minimum absolute atomic E-state index is 0.0337. The van der Waals surface area contributed by atoms with E-state index in [0.717, 1.165) is 0 Å². The lowest BCUT2D eigenvalue weighted by Crippen LogP contribution is -2.41. The number of sulfonamides is 1. The van der Waals surface area contributed by atoms with Crippen molar-refractivity contribution in [2.45, 2.75) is 18.6 Å². The van der Waals surface area contributed by atoms with E-state index in [4.69, 9.17) is 0 Å². The van der Waals surface area contributed by atoms with Crippen molar-refractivity contribution >= 4 is 15.8 Å². The number of Topliss-reactive ketones (excluding diaryl/α,β-unsaturated/α-hetero) is 1. The molecular weight excluding hydrogens is 204 g/mol. The third-order valence-corrected chi connectivity index (χ3v) is 3.40. The van der Waals surface area contributed by atoms with Crippen molar-refractivity contribution in [3.63, 3.8) is 0 Å². The minimum Gasteiger partial charge on any atom is -0.300 e. The summed E-state index contributed by atoms with van der Waals surface area (Å²) in [6.45, 7) is -0.239. The van der Waals surface area contributed by atoms with E-state index in [2.05, 4.69) is 0 Å². The zero-order valence-electron chi connectivity index (χ0n) is 6.74. The molecule has 0 bridgehead atoms. The largest absolute Gasteiger partial charge is 0.350 e. The topological polar surface area (TPSA) is 54.5 Å². The lowest BCUT2D eigenvalue weighted by Gasteiger charge is -2.24. The highest BCUT2D eigenvalue weighted by atomic mass is 32.2. The maximum atomic E-state index is 12.0. The number of piperidine rings is 1. The molecule has 13 heavy (non-hydrogen) atoms. The van der Waals surface area contributed by atoms with Crippen LogP contribution in [0.25, 0.3) is 0 Å². The molecule has 0 aromatic heterocycles. The first-order valence-electron chi connectivity index (χ1n) is 3.73. The van der Waals surface area contributed by atoms with Gasteiger partial charge in [0.1, 0.15) is 5.78 Å². The number of ketones is 1. The van der Waals surface area contributed by atoms with Crippen LogP contribution >= 0.6 is 0 Å². The molecule has 0 spiro atoms. The molecule has 0 saturated carbocycles. The highest BCUT2D eigenvalue weighted by Crippen LogP contribution is 2.16. The number of carbonyl (C=O) groups excluding carboxylic acids is 1. The average molecular weight is 213 g/mol. The van der Waals surface area contributed by atoms with Gasteiger partial charge in [-0.3, -0.25) is 4.79 Å². The van der Waals surface area contributed by atoms with Crippen molar-refractivity contribution in [2.75, 3.05) is 13.1 Å². The second kappa shape index (κ2) is 3.67. The Morgan fingerprint density at radius 2 is 1.69 bits per heavy atom. The van der Waals surface area contributed by atoms with Gasteiger partial charge in [0.2, 0.25) is 0 Å². The van der Waals surface area contributed by atoms with Crippen molar-refractivity contribution in [3.8, 4) is 0 Å². The van der Waals surface area contributed by atoms with Crippen LogP contribution in [0.4, 0.5) is 8.78 Å². The fourth-order valence-corrected chi connectivity index (χ4v) is 2.02. The van der Waals surface area contributed by atoms with Gasteiger partial charge in [0.05, 0.1) is 0 Å². The van der Waals surface area contributed by atoms with Gasteiger partial charge in [0.15, 0.2) is 0 Å². The van der Waals surface area contributed by atoms with Crippen LogP contribution in [0.3, 0.4) is 0 Å². The summed E-state index contributed by atoms with van der Waals surface area (Å²) in [5, 5.41) is 0. The molecule has 0 unspecified atom stereocenters. The Balaban J connectivity index is 2.69. The quantitative estimate of drug-likeness (QED) is 0.658. The van der Waals surface area contributed by atoms with E-state index in [-0.39, 0.29) is 31.7 Å². The Kier molecular flexibility index (Phi) is 2.97. The Labute approximate surface area is 74.6 Å². The Morgan fingerprint density at radius 3 is 2.08 bits per heavy atom. The summed E-state index contributed by atoms with van der Waals surface area (Å²) in [6.07, 6.45) is 0.0674. The number of rotatable bonds is 2. The fraction of sp³-hybridized carbons (Fsp3) is 0.833. The smallest absolute Gasteiger partial charge is 0.300 e. The molecule has 1 aliphatic heterocycles. The molecule has 0 amide bonds. The van der Waals surface area contributed by atoms with Crippen LogP contribution in [0, 0.1) is 0 Å². The number of hydrogen-bond donors (Lipinski definition) is 0. The van der Waals surface area contributed by atoms with E-state index in [9.17, 15) is 22.0 Å². The van der Waals surface area contributed by atoms with Crippen LogP contribution in [0.15, 0.2) is 0 Å². The molecule has 4 nitrogen and oxygen atoms in total.